The van der Waals surface area contributed by atoms with Crippen LogP contribution in [0.2, 0.25) is 0 Å². The van der Waals surface area contributed by atoms with E-state index in [1.807, 2.05) is 11.7 Å². The molecule has 2 bridgehead atoms. The first-order valence-electron chi connectivity index (χ1n) is 6.04. The zero-order valence-corrected chi connectivity index (χ0v) is 9.54. The molecule has 0 saturated heterocycles. The molecule has 3 aliphatic rings. The van der Waals surface area contributed by atoms with E-state index in [1.54, 1.807) is 17.8 Å². The number of hydrogen-bond acceptors (Lipinski definition) is 3. The Hall–Kier alpha value is -0.410. The number of thiazole rings is 1. The van der Waals surface area contributed by atoms with Crippen molar-refractivity contribution in [1.82, 2.24) is 10.3 Å². The predicted octanol–water partition coefficient (Wildman–Crippen LogP) is 2.28. The van der Waals surface area contributed by atoms with E-state index >= 15 is 0 Å². The van der Waals surface area contributed by atoms with E-state index in [0.29, 0.717) is 0 Å². The van der Waals surface area contributed by atoms with Gasteiger partial charge in [-0.25, -0.2) is 0 Å². The Morgan fingerprint density at radius 2 is 2.13 bits per heavy atom. The van der Waals surface area contributed by atoms with Gasteiger partial charge >= 0.3 is 0 Å². The summed E-state index contributed by atoms with van der Waals surface area (Å²) in [6.07, 6.45) is 6.58. The van der Waals surface area contributed by atoms with E-state index in [-0.39, 0.29) is 0 Å². The lowest BCUT2D eigenvalue weighted by Crippen LogP contribution is -2.21. The average Bonchev–Trinajstić information content (AvgIpc) is 2.72. The summed E-state index contributed by atoms with van der Waals surface area (Å²) in [7, 11) is 0. The fourth-order valence-electron chi connectivity index (χ4n) is 4.15. The van der Waals surface area contributed by atoms with Gasteiger partial charge in [-0.1, -0.05) is 0 Å². The number of aromatic nitrogens is 1. The molecule has 3 aliphatic carbocycles. The van der Waals surface area contributed by atoms with Crippen molar-refractivity contribution in [3.8, 4) is 0 Å². The third-order valence-electron chi connectivity index (χ3n) is 4.73. The molecule has 1 aromatic rings. The van der Waals surface area contributed by atoms with E-state index in [2.05, 4.69) is 10.3 Å². The molecular formula is C12H16N2S. The number of rotatable bonds is 3. The fraction of sp³-hybridized carbons (Fsp3) is 0.750. The molecule has 1 heterocycles. The minimum absolute atomic E-state index is 0.860. The van der Waals surface area contributed by atoms with Gasteiger partial charge in [-0.15, -0.1) is 11.3 Å². The third kappa shape index (κ3) is 1.23. The van der Waals surface area contributed by atoms with Gasteiger partial charge in [0.1, 0.15) is 0 Å². The Morgan fingerprint density at radius 3 is 2.80 bits per heavy atom. The molecular weight excluding hydrogens is 204 g/mol. The Bertz CT molecular complexity index is 346. The SMILES string of the molecule is c1ncc(CNC2C3C4CCC(C4)C23)s1. The van der Waals surface area contributed by atoms with Crippen molar-refractivity contribution in [3.05, 3.63) is 16.6 Å². The highest BCUT2D eigenvalue weighted by atomic mass is 32.1. The molecule has 4 atom stereocenters. The van der Waals surface area contributed by atoms with Crippen molar-refractivity contribution in [2.75, 3.05) is 0 Å². The summed E-state index contributed by atoms with van der Waals surface area (Å²) in [6.45, 7) is 1.04. The highest BCUT2D eigenvalue weighted by molar-refractivity contribution is 7.09. The molecule has 0 radical (unpaired) electrons. The highest BCUT2D eigenvalue weighted by Crippen LogP contribution is 2.65. The molecule has 3 saturated carbocycles. The van der Waals surface area contributed by atoms with Crippen LogP contribution in [0.3, 0.4) is 0 Å². The first-order chi connectivity index (χ1) is 7.43. The quantitative estimate of drug-likeness (QED) is 0.845. The summed E-state index contributed by atoms with van der Waals surface area (Å²) >= 11 is 1.76. The van der Waals surface area contributed by atoms with Crippen LogP contribution in [-0.4, -0.2) is 11.0 Å². The van der Waals surface area contributed by atoms with Gasteiger partial charge in [-0.3, -0.25) is 4.98 Å². The highest BCUT2D eigenvalue weighted by Gasteiger charge is 2.64. The fourth-order valence-corrected chi connectivity index (χ4v) is 4.69. The van der Waals surface area contributed by atoms with Crippen molar-refractivity contribution in [2.45, 2.75) is 31.8 Å². The molecule has 3 heteroatoms. The van der Waals surface area contributed by atoms with E-state index in [1.165, 1.54) is 17.7 Å². The van der Waals surface area contributed by atoms with Crippen molar-refractivity contribution in [1.29, 1.82) is 0 Å². The molecule has 1 N–H and O–H groups in total. The van der Waals surface area contributed by atoms with E-state index in [9.17, 15) is 0 Å². The summed E-state index contributed by atoms with van der Waals surface area (Å²) in [5, 5.41) is 3.73. The molecule has 4 rings (SSSR count). The molecule has 0 amide bonds. The summed E-state index contributed by atoms with van der Waals surface area (Å²) in [5.41, 5.74) is 1.93. The van der Waals surface area contributed by atoms with Crippen LogP contribution in [0.15, 0.2) is 11.7 Å². The topological polar surface area (TPSA) is 24.9 Å². The lowest BCUT2D eigenvalue weighted by Gasteiger charge is -2.09. The van der Waals surface area contributed by atoms with Gasteiger partial charge in [0, 0.05) is 23.7 Å². The van der Waals surface area contributed by atoms with Crippen LogP contribution in [0.5, 0.6) is 0 Å². The first-order valence-corrected chi connectivity index (χ1v) is 6.92. The zero-order chi connectivity index (χ0) is 9.83. The molecule has 15 heavy (non-hydrogen) atoms. The Labute approximate surface area is 94.1 Å². The smallest absolute Gasteiger partial charge is 0.0794 e. The van der Waals surface area contributed by atoms with Crippen molar-refractivity contribution < 1.29 is 0 Å². The Balaban J connectivity index is 1.39. The van der Waals surface area contributed by atoms with Crippen molar-refractivity contribution in [2.24, 2.45) is 23.7 Å². The van der Waals surface area contributed by atoms with Crippen LogP contribution in [0, 0.1) is 23.7 Å². The molecule has 0 spiro atoms. The molecule has 1 aromatic heterocycles. The standard InChI is InChI=1S/C12H16N2S/c1-2-8-3-7(1)10-11(8)12(10)14-5-9-4-13-6-15-9/h4,6-8,10-12,14H,1-3,5H2. The van der Waals surface area contributed by atoms with Crippen LogP contribution in [0.25, 0.3) is 0 Å². The summed E-state index contributed by atoms with van der Waals surface area (Å²) < 4.78 is 0. The van der Waals surface area contributed by atoms with Crippen LogP contribution in [0.4, 0.5) is 0 Å². The third-order valence-corrected chi connectivity index (χ3v) is 5.51. The molecule has 0 aliphatic heterocycles. The van der Waals surface area contributed by atoms with Gasteiger partial charge < -0.3 is 5.32 Å². The lowest BCUT2D eigenvalue weighted by atomic mass is 10.0. The van der Waals surface area contributed by atoms with E-state index in [4.69, 9.17) is 0 Å². The van der Waals surface area contributed by atoms with Crippen molar-refractivity contribution in [3.63, 3.8) is 0 Å². The van der Waals surface area contributed by atoms with Gasteiger partial charge in [-0.05, 0) is 42.9 Å². The van der Waals surface area contributed by atoms with E-state index < -0.39 is 0 Å². The van der Waals surface area contributed by atoms with Crippen LogP contribution in [0.1, 0.15) is 24.1 Å². The predicted molar refractivity (Wildman–Crippen MR) is 60.6 cm³/mol. The maximum atomic E-state index is 4.11. The Morgan fingerprint density at radius 1 is 1.33 bits per heavy atom. The van der Waals surface area contributed by atoms with E-state index in [0.717, 1.165) is 36.3 Å². The first kappa shape index (κ1) is 8.71. The molecule has 2 nitrogen and oxygen atoms in total. The summed E-state index contributed by atoms with van der Waals surface area (Å²) in [5.74, 6) is 4.27. The second-order valence-corrected chi connectivity index (χ2v) is 6.33. The minimum Gasteiger partial charge on any atom is -0.308 e. The van der Waals surface area contributed by atoms with Crippen LogP contribution >= 0.6 is 11.3 Å². The van der Waals surface area contributed by atoms with Gasteiger partial charge in [-0.2, -0.15) is 0 Å². The zero-order valence-electron chi connectivity index (χ0n) is 8.73. The average molecular weight is 220 g/mol. The molecule has 3 fully saturated rings. The van der Waals surface area contributed by atoms with Gasteiger partial charge in [0.2, 0.25) is 0 Å². The lowest BCUT2D eigenvalue weighted by molar-refractivity contribution is 0.456. The van der Waals surface area contributed by atoms with Crippen molar-refractivity contribution >= 4 is 11.3 Å². The maximum Gasteiger partial charge on any atom is 0.0794 e. The van der Waals surface area contributed by atoms with Gasteiger partial charge in [0.05, 0.1) is 5.51 Å². The number of hydrogen-bond donors (Lipinski definition) is 1. The van der Waals surface area contributed by atoms with Crippen LogP contribution < -0.4 is 5.32 Å². The largest absolute Gasteiger partial charge is 0.308 e. The monoisotopic (exact) mass is 220 g/mol. The number of fused-ring (bicyclic) bond motifs is 5. The minimum atomic E-state index is 0.860. The van der Waals surface area contributed by atoms with Gasteiger partial charge in [0.25, 0.3) is 0 Å². The number of nitrogens with zero attached hydrogens (tertiary/aromatic N) is 1. The summed E-state index contributed by atoms with van der Waals surface area (Å²) in [4.78, 5) is 5.50. The summed E-state index contributed by atoms with van der Waals surface area (Å²) in [6, 6.07) is 0.860. The van der Waals surface area contributed by atoms with Crippen LogP contribution in [-0.2, 0) is 6.54 Å². The molecule has 4 unspecified atom stereocenters. The van der Waals surface area contributed by atoms with Gasteiger partial charge in [0.15, 0.2) is 0 Å². The number of nitrogens with one attached hydrogen (secondary N) is 1. The molecule has 0 aromatic carbocycles. The second-order valence-electron chi connectivity index (χ2n) is 5.36. The Kier molecular flexibility index (Phi) is 1.77. The maximum absolute atomic E-state index is 4.11. The second kappa shape index (κ2) is 3.05. The normalized spacial score (nSPS) is 45.7. The molecule has 80 valence electrons.